The van der Waals surface area contributed by atoms with Crippen molar-refractivity contribution in [2.45, 2.75) is 39.5 Å². The molecule has 0 spiro atoms. The first-order chi connectivity index (χ1) is 12.1. The molecule has 7 nitrogen and oxygen atoms in total. The smallest absolute Gasteiger partial charge is 0.463 e. The van der Waals surface area contributed by atoms with Crippen LogP contribution in [0.4, 0.5) is 0 Å². The maximum Gasteiger partial charge on any atom is 0.472 e. The summed E-state index contributed by atoms with van der Waals surface area (Å²) in [6.45, 7) is 4.48. The summed E-state index contributed by atoms with van der Waals surface area (Å²) in [5.74, 6) is 1.26. The van der Waals surface area contributed by atoms with E-state index in [4.69, 9.17) is 13.8 Å². The summed E-state index contributed by atoms with van der Waals surface area (Å²) in [6.07, 6.45) is 4.88. The Kier molecular flexibility index (Phi) is 13.9. The maximum atomic E-state index is 11.9. The molecule has 0 saturated heterocycles. The van der Waals surface area contributed by atoms with E-state index in [0.717, 1.165) is 11.5 Å². The van der Waals surface area contributed by atoms with Gasteiger partial charge in [0.2, 0.25) is 0 Å². The van der Waals surface area contributed by atoms with Crippen molar-refractivity contribution >= 4 is 25.6 Å². The number of carbonyl (C=O) groups is 1. The number of phosphoric ester groups is 1. The van der Waals surface area contributed by atoms with E-state index in [2.05, 4.69) is 6.92 Å². The minimum absolute atomic E-state index is 0.0619. The second-order valence-corrected chi connectivity index (χ2v) is 9.96. The Morgan fingerprint density at radius 1 is 1.12 bits per heavy atom. The van der Waals surface area contributed by atoms with E-state index >= 15 is 0 Å². The van der Waals surface area contributed by atoms with Gasteiger partial charge in [-0.05, 0) is 12.2 Å². The quantitative estimate of drug-likeness (QED) is 0.180. The van der Waals surface area contributed by atoms with E-state index in [1.54, 1.807) is 11.8 Å². The van der Waals surface area contributed by atoms with E-state index < -0.39 is 7.82 Å². The zero-order valence-corrected chi connectivity index (χ0v) is 18.7. The molecule has 2 atom stereocenters. The summed E-state index contributed by atoms with van der Waals surface area (Å²) in [5.41, 5.74) is 0. The fraction of sp³-hybridized carbons (Fsp3) is 0.941. The third-order valence-electron chi connectivity index (χ3n) is 3.51. The SMILES string of the molecule is CCCCCCSCC(C)C(=O)OCCOP(=O)(O)OCC[N+](C)(C)C. The number of unbranched alkanes of at least 4 members (excludes halogenated alkanes) is 3. The Bertz CT molecular complexity index is 430. The number of phosphoric acid groups is 1. The zero-order valence-electron chi connectivity index (χ0n) is 16.9. The molecular weight excluding hydrogens is 377 g/mol. The highest BCUT2D eigenvalue weighted by molar-refractivity contribution is 7.99. The van der Waals surface area contributed by atoms with Crippen LogP contribution in [0.3, 0.4) is 0 Å². The molecule has 26 heavy (non-hydrogen) atoms. The number of hydrogen-bond donors (Lipinski definition) is 1. The molecule has 0 aromatic rings. The number of likely N-dealkylation sites (N-methyl/N-ethyl adjacent to an activating group) is 1. The fourth-order valence-corrected chi connectivity index (χ4v) is 3.62. The van der Waals surface area contributed by atoms with Crippen molar-refractivity contribution in [1.82, 2.24) is 0 Å². The summed E-state index contributed by atoms with van der Waals surface area (Å²) < 4.78 is 27.1. The van der Waals surface area contributed by atoms with Crippen molar-refractivity contribution < 1.29 is 32.5 Å². The Labute approximate surface area is 163 Å². The van der Waals surface area contributed by atoms with Crippen LogP contribution in [0.5, 0.6) is 0 Å². The number of carbonyl (C=O) groups excluding carboxylic acids is 1. The van der Waals surface area contributed by atoms with Gasteiger partial charge in [-0.1, -0.05) is 33.1 Å². The lowest BCUT2D eigenvalue weighted by atomic mass is 10.2. The molecular formula is C17H37NO6PS+. The molecule has 0 aliphatic rings. The normalized spacial score (nSPS) is 15.5. The lowest BCUT2D eigenvalue weighted by molar-refractivity contribution is -0.870. The molecule has 0 rings (SSSR count). The van der Waals surface area contributed by atoms with Gasteiger partial charge in [0.1, 0.15) is 19.8 Å². The summed E-state index contributed by atoms with van der Waals surface area (Å²) in [4.78, 5) is 21.4. The molecule has 0 fully saturated rings. The van der Waals surface area contributed by atoms with Crippen LogP contribution in [0.15, 0.2) is 0 Å². The molecule has 9 heteroatoms. The minimum atomic E-state index is -4.10. The van der Waals surface area contributed by atoms with Gasteiger partial charge in [-0.3, -0.25) is 13.8 Å². The summed E-state index contributed by atoms with van der Waals surface area (Å²) >= 11 is 1.76. The first-order valence-electron chi connectivity index (χ1n) is 9.24. The second-order valence-electron chi connectivity index (χ2n) is 7.35. The average Bonchev–Trinajstić information content (AvgIpc) is 2.53. The number of hydrogen-bond acceptors (Lipinski definition) is 6. The van der Waals surface area contributed by atoms with E-state index in [9.17, 15) is 14.3 Å². The molecule has 0 aromatic heterocycles. The standard InChI is InChI=1S/C17H36NO6PS/c1-6-7-8-9-14-26-15-16(2)17(19)22-12-13-24-25(20,21)23-11-10-18(3,4)5/h16H,6-15H2,1-5H3/p+1. The Morgan fingerprint density at radius 3 is 2.38 bits per heavy atom. The van der Waals surface area contributed by atoms with Crippen molar-refractivity contribution in [2.75, 3.05) is 59.0 Å². The molecule has 0 bridgehead atoms. The highest BCUT2D eigenvalue weighted by Gasteiger charge is 2.23. The van der Waals surface area contributed by atoms with E-state index in [0.29, 0.717) is 11.0 Å². The van der Waals surface area contributed by atoms with Gasteiger partial charge in [0.15, 0.2) is 0 Å². The lowest BCUT2D eigenvalue weighted by Gasteiger charge is -2.24. The molecule has 0 aromatic carbocycles. The number of quaternary nitrogens is 1. The molecule has 0 aliphatic heterocycles. The number of esters is 1. The Hall–Kier alpha value is -0.110. The second kappa shape index (κ2) is 14.0. The largest absolute Gasteiger partial charge is 0.472 e. The van der Waals surface area contributed by atoms with Crippen LogP contribution in [0.1, 0.15) is 39.5 Å². The topological polar surface area (TPSA) is 82.1 Å². The molecule has 0 radical (unpaired) electrons. The maximum absolute atomic E-state index is 11.9. The highest BCUT2D eigenvalue weighted by atomic mass is 32.2. The molecule has 0 amide bonds. The number of thioether (sulfide) groups is 1. The average molecular weight is 415 g/mol. The number of rotatable bonds is 16. The van der Waals surface area contributed by atoms with E-state index in [1.165, 1.54) is 25.7 Å². The molecule has 0 aliphatic carbocycles. The van der Waals surface area contributed by atoms with Crippen LogP contribution < -0.4 is 0 Å². The van der Waals surface area contributed by atoms with Crippen molar-refractivity contribution in [3.05, 3.63) is 0 Å². The van der Waals surface area contributed by atoms with Crippen molar-refractivity contribution in [3.8, 4) is 0 Å². The first kappa shape index (κ1) is 25.9. The predicted octanol–water partition coefficient (Wildman–Crippen LogP) is 3.32. The van der Waals surface area contributed by atoms with Crippen molar-refractivity contribution in [2.24, 2.45) is 5.92 Å². The predicted molar refractivity (Wildman–Crippen MR) is 106 cm³/mol. The lowest BCUT2D eigenvalue weighted by Crippen LogP contribution is -2.37. The number of ether oxygens (including phenoxy) is 1. The third kappa shape index (κ3) is 16.1. The van der Waals surface area contributed by atoms with Gasteiger partial charge < -0.3 is 14.1 Å². The van der Waals surface area contributed by atoms with Gasteiger partial charge in [-0.2, -0.15) is 11.8 Å². The number of nitrogens with zero attached hydrogens (tertiary/aromatic N) is 1. The van der Waals surface area contributed by atoms with Gasteiger partial charge in [-0.15, -0.1) is 0 Å². The molecule has 2 unspecified atom stereocenters. The first-order valence-corrected chi connectivity index (χ1v) is 11.9. The van der Waals surface area contributed by atoms with Crippen LogP contribution in [-0.4, -0.2) is 74.4 Å². The summed E-state index contributed by atoms with van der Waals surface area (Å²) in [6, 6.07) is 0. The van der Waals surface area contributed by atoms with Gasteiger partial charge in [0.25, 0.3) is 0 Å². The highest BCUT2D eigenvalue weighted by Crippen LogP contribution is 2.42. The molecule has 0 saturated carbocycles. The summed E-state index contributed by atoms with van der Waals surface area (Å²) in [5, 5.41) is 0. The molecule has 156 valence electrons. The van der Waals surface area contributed by atoms with Gasteiger partial charge in [-0.25, -0.2) is 4.57 Å². The molecule has 0 heterocycles. The van der Waals surface area contributed by atoms with Crippen LogP contribution in [-0.2, 0) is 23.1 Å². The van der Waals surface area contributed by atoms with Gasteiger partial charge in [0, 0.05) is 5.75 Å². The van der Waals surface area contributed by atoms with Crippen LogP contribution in [0.2, 0.25) is 0 Å². The zero-order chi connectivity index (χ0) is 20.1. The van der Waals surface area contributed by atoms with E-state index in [1.807, 2.05) is 28.1 Å². The van der Waals surface area contributed by atoms with Gasteiger partial charge >= 0.3 is 13.8 Å². The minimum Gasteiger partial charge on any atom is -0.463 e. The van der Waals surface area contributed by atoms with Crippen LogP contribution in [0, 0.1) is 5.92 Å². The van der Waals surface area contributed by atoms with Crippen LogP contribution >= 0.6 is 19.6 Å². The monoisotopic (exact) mass is 414 g/mol. The fourth-order valence-electron chi connectivity index (χ4n) is 1.86. The van der Waals surface area contributed by atoms with E-state index in [-0.39, 0.29) is 31.7 Å². The van der Waals surface area contributed by atoms with Crippen molar-refractivity contribution in [3.63, 3.8) is 0 Å². The Balaban J connectivity index is 3.77. The van der Waals surface area contributed by atoms with Crippen molar-refractivity contribution in [1.29, 1.82) is 0 Å². The van der Waals surface area contributed by atoms with Crippen LogP contribution in [0.25, 0.3) is 0 Å². The molecule has 1 N–H and O–H groups in total. The summed E-state index contributed by atoms with van der Waals surface area (Å²) in [7, 11) is 1.77. The Morgan fingerprint density at radius 2 is 1.77 bits per heavy atom. The van der Waals surface area contributed by atoms with Gasteiger partial charge in [0.05, 0.1) is 33.7 Å². The third-order valence-corrected chi connectivity index (χ3v) is 5.84.